The summed E-state index contributed by atoms with van der Waals surface area (Å²) in [5.41, 5.74) is 2.02. The van der Waals surface area contributed by atoms with Crippen LogP contribution in [0.25, 0.3) is 0 Å². The number of aliphatic hydroxyl groups is 1. The number of rotatable bonds is 3. The second-order valence-corrected chi connectivity index (χ2v) is 7.94. The summed E-state index contributed by atoms with van der Waals surface area (Å²) in [6, 6.07) is 7.93. The Labute approximate surface area is 149 Å². The van der Waals surface area contributed by atoms with Crippen molar-refractivity contribution in [3.8, 4) is 0 Å². The van der Waals surface area contributed by atoms with E-state index in [9.17, 15) is 9.90 Å². The number of carbonyl (C=O) groups excluding carboxylic acids is 1. The minimum atomic E-state index is -0.431. The van der Waals surface area contributed by atoms with Crippen molar-refractivity contribution in [3.63, 3.8) is 0 Å². The summed E-state index contributed by atoms with van der Waals surface area (Å²) in [7, 11) is 0. The Hall–Kier alpha value is -1.43. The third-order valence-corrected chi connectivity index (χ3v) is 6.35. The molecule has 0 aromatic heterocycles. The first kappa shape index (κ1) is 17.0. The molecule has 4 atom stereocenters. The lowest BCUT2D eigenvalue weighted by Crippen LogP contribution is -2.49. The molecular weight excluding hydrogens is 314 g/mol. The van der Waals surface area contributed by atoms with Crippen molar-refractivity contribution in [2.24, 2.45) is 11.8 Å². The van der Waals surface area contributed by atoms with Gasteiger partial charge in [0, 0.05) is 5.56 Å². The number of amides is 1. The van der Waals surface area contributed by atoms with Gasteiger partial charge in [-0.05, 0) is 87.3 Å². The van der Waals surface area contributed by atoms with Crippen LogP contribution in [0.4, 0.5) is 0 Å². The monoisotopic (exact) mass is 343 g/mol. The largest absolute Gasteiger partial charge is 0.391 e. The molecule has 1 aromatic rings. The quantitative estimate of drug-likeness (QED) is 0.666. The van der Waals surface area contributed by atoms with Crippen LogP contribution in [0.2, 0.25) is 0 Å². The summed E-state index contributed by atoms with van der Waals surface area (Å²) in [5, 5.41) is 20.2. The number of fused-ring (bicyclic) bond motifs is 1. The van der Waals surface area contributed by atoms with Crippen LogP contribution in [0, 0.1) is 11.8 Å². The van der Waals surface area contributed by atoms with Gasteiger partial charge < -0.3 is 21.1 Å². The molecule has 0 unspecified atom stereocenters. The Bertz CT molecular complexity index is 597. The van der Waals surface area contributed by atoms with Crippen molar-refractivity contribution in [2.75, 3.05) is 26.2 Å². The minimum absolute atomic E-state index is 0.0645. The average Bonchev–Trinajstić information content (AvgIpc) is 3.10. The number of hydrogen-bond donors (Lipinski definition) is 4. The molecule has 136 valence electrons. The molecule has 1 amide bonds. The Morgan fingerprint density at radius 1 is 1.00 bits per heavy atom. The molecule has 0 bridgehead atoms. The highest BCUT2D eigenvalue weighted by Gasteiger charge is 2.39. The minimum Gasteiger partial charge on any atom is -0.391 e. The highest BCUT2D eigenvalue weighted by Crippen LogP contribution is 2.33. The zero-order chi connectivity index (χ0) is 17.2. The molecule has 2 aliphatic heterocycles. The van der Waals surface area contributed by atoms with Crippen molar-refractivity contribution >= 4 is 5.91 Å². The van der Waals surface area contributed by atoms with Gasteiger partial charge >= 0.3 is 0 Å². The number of nitrogens with one attached hydrogen (secondary N) is 3. The van der Waals surface area contributed by atoms with Gasteiger partial charge in [-0.15, -0.1) is 0 Å². The van der Waals surface area contributed by atoms with Crippen LogP contribution in [-0.4, -0.2) is 49.3 Å². The maximum atomic E-state index is 12.6. The predicted molar refractivity (Wildman–Crippen MR) is 97.6 cm³/mol. The molecule has 0 spiro atoms. The molecule has 2 heterocycles. The van der Waals surface area contributed by atoms with E-state index < -0.39 is 6.10 Å². The highest BCUT2D eigenvalue weighted by molar-refractivity contribution is 5.94. The van der Waals surface area contributed by atoms with Crippen LogP contribution in [0.15, 0.2) is 24.3 Å². The van der Waals surface area contributed by atoms with E-state index in [2.05, 4.69) is 28.1 Å². The third kappa shape index (κ3) is 3.73. The van der Waals surface area contributed by atoms with Gasteiger partial charge in [0.15, 0.2) is 0 Å². The molecule has 4 N–H and O–H groups in total. The fraction of sp³-hybridized carbons (Fsp3) is 0.650. The summed E-state index contributed by atoms with van der Waals surface area (Å²) >= 11 is 0. The Morgan fingerprint density at radius 3 is 2.40 bits per heavy atom. The fourth-order valence-electron chi connectivity index (χ4n) is 4.77. The number of aliphatic hydroxyl groups excluding tert-OH is 1. The molecule has 3 fully saturated rings. The van der Waals surface area contributed by atoms with Crippen LogP contribution in [0.3, 0.4) is 0 Å². The Morgan fingerprint density at radius 2 is 1.68 bits per heavy atom. The van der Waals surface area contributed by atoms with Gasteiger partial charge in [-0.25, -0.2) is 0 Å². The van der Waals surface area contributed by atoms with Crippen LogP contribution in [0.1, 0.15) is 47.5 Å². The third-order valence-electron chi connectivity index (χ3n) is 6.35. The van der Waals surface area contributed by atoms with E-state index in [0.717, 1.165) is 51.9 Å². The maximum Gasteiger partial charge on any atom is 0.251 e. The predicted octanol–water partition coefficient (Wildman–Crippen LogP) is 1.24. The van der Waals surface area contributed by atoms with Crippen molar-refractivity contribution in [1.29, 1.82) is 0 Å². The first-order valence-corrected chi connectivity index (χ1v) is 9.71. The molecule has 2 saturated heterocycles. The van der Waals surface area contributed by atoms with E-state index in [1.807, 2.05) is 12.1 Å². The first-order chi connectivity index (χ1) is 12.2. The molecule has 1 aromatic carbocycles. The molecule has 0 radical (unpaired) electrons. The Kier molecular flexibility index (Phi) is 5.06. The topological polar surface area (TPSA) is 73.4 Å². The van der Waals surface area contributed by atoms with Crippen LogP contribution >= 0.6 is 0 Å². The lowest BCUT2D eigenvalue weighted by molar-refractivity contribution is 0.0462. The second-order valence-electron chi connectivity index (χ2n) is 7.94. The lowest BCUT2D eigenvalue weighted by Gasteiger charge is -2.35. The molecular formula is C20H29N3O2. The Balaban J connectivity index is 1.37. The summed E-state index contributed by atoms with van der Waals surface area (Å²) in [4.78, 5) is 12.6. The van der Waals surface area contributed by atoms with E-state index in [-0.39, 0.29) is 11.9 Å². The van der Waals surface area contributed by atoms with Gasteiger partial charge in [0.05, 0.1) is 12.1 Å². The lowest BCUT2D eigenvalue weighted by atomic mass is 9.77. The fourth-order valence-corrected chi connectivity index (χ4v) is 4.77. The van der Waals surface area contributed by atoms with Gasteiger partial charge in [-0.1, -0.05) is 12.1 Å². The molecule has 5 heteroatoms. The summed E-state index contributed by atoms with van der Waals surface area (Å²) in [6.07, 6.45) is 3.56. The standard InChI is InChI=1S/C20H29N3O2/c24-19-10-17-12-22-11-16(17)9-18(19)23-20(25)15-3-1-13(2-4-15)14-5-7-21-8-6-14/h1-4,14,16-19,21-22,24H,5-12H2,(H,23,25)/t16-,17+,18-,19-/m0/s1. The second kappa shape index (κ2) is 7.44. The van der Waals surface area contributed by atoms with Gasteiger partial charge in [-0.2, -0.15) is 0 Å². The molecule has 4 rings (SSSR count). The van der Waals surface area contributed by atoms with Crippen LogP contribution in [0.5, 0.6) is 0 Å². The molecule has 25 heavy (non-hydrogen) atoms. The average molecular weight is 343 g/mol. The number of benzene rings is 1. The van der Waals surface area contributed by atoms with Crippen LogP contribution < -0.4 is 16.0 Å². The summed E-state index contributed by atoms with van der Waals surface area (Å²) < 4.78 is 0. The van der Waals surface area contributed by atoms with Crippen molar-refractivity contribution < 1.29 is 9.90 Å². The zero-order valence-corrected chi connectivity index (χ0v) is 14.7. The van der Waals surface area contributed by atoms with Gasteiger partial charge in [-0.3, -0.25) is 4.79 Å². The maximum absolute atomic E-state index is 12.6. The van der Waals surface area contributed by atoms with E-state index in [0.29, 0.717) is 23.3 Å². The number of piperidine rings is 1. The van der Waals surface area contributed by atoms with Gasteiger partial charge in [0.2, 0.25) is 0 Å². The summed E-state index contributed by atoms with van der Waals surface area (Å²) in [6.45, 7) is 4.15. The molecule has 5 nitrogen and oxygen atoms in total. The molecule has 3 aliphatic rings. The number of carbonyl (C=O) groups is 1. The summed E-state index contributed by atoms with van der Waals surface area (Å²) in [5.74, 6) is 1.68. The first-order valence-electron chi connectivity index (χ1n) is 9.71. The van der Waals surface area contributed by atoms with E-state index in [1.54, 1.807) is 0 Å². The van der Waals surface area contributed by atoms with Crippen molar-refractivity contribution in [3.05, 3.63) is 35.4 Å². The van der Waals surface area contributed by atoms with Crippen molar-refractivity contribution in [2.45, 2.75) is 43.7 Å². The van der Waals surface area contributed by atoms with Gasteiger partial charge in [0.25, 0.3) is 5.91 Å². The van der Waals surface area contributed by atoms with Crippen LogP contribution in [-0.2, 0) is 0 Å². The van der Waals surface area contributed by atoms with Gasteiger partial charge in [0.1, 0.15) is 0 Å². The van der Waals surface area contributed by atoms with E-state index in [4.69, 9.17) is 0 Å². The normalized spacial score (nSPS) is 33.0. The zero-order valence-electron chi connectivity index (χ0n) is 14.7. The molecule has 1 aliphatic carbocycles. The van der Waals surface area contributed by atoms with Crippen molar-refractivity contribution in [1.82, 2.24) is 16.0 Å². The highest BCUT2D eigenvalue weighted by atomic mass is 16.3. The smallest absolute Gasteiger partial charge is 0.251 e. The SMILES string of the molecule is O=C(N[C@H]1C[C@H]2CNC[C@H]2C[C@@H]1O)c1ccc(C2CCNCC2)cc1. The number of hydrogen-bond acceptors (Lipinski definition) is 4. The van der Waals surface area contributed by atoms with E-state index in [1.165, 1.54) is 5.56 Å². The molecule has 1 saturated carbocycles. The van der Waals surface area contributed by atoms with E-state index >= 15 is 0 Å².